The first kappa shape index (κ1) is 28.9. The summed E-state index contributed by atoms with van der Waals surface area (Å²) in [5.74, 6) is -0.402. The minimum absolute atomic E-state index is 0.0132. The third kappa shape index (κ3) is 6.55. The molecule has 0 spiro atoms. The molecule has 2 aliphatic rings. The lowest BCUT2D eigenvalue weighted by molar-refractivity contribution is -0.137. The molecule has 0 radical (unpaired) electrons. The number of nitrogens with two attached hydrogens (primary N) is 1. The predicted octanol–water partition coefficient (Wildman–Crippen LogP) is 4.14. The maximum absolute atomic E-state index is 14.3. The fourth-order valence-electron chi connectivity index (χ4n) is 5.36. The molecule has 2 atom stereocenters. The molecule has 0 bridgehead atoms. The zero-order chi connectivity index (χ0) is 28.5. The monoisotopic (exact) mass is 549 g/mol. The molecule has 2 aromatic rings. The first-order chi connectivity index (χ1) is 18.4. The number of halogens is 3. The summed E-state index contributed by atoms with van der Waals surface area (Å²) in [6.45, 7) is 6.80. The summed E-state index contributed by atoms with van der Waals surface area (Å²) >= 11 is 0. The fourth-order valence-corrected chi connectivity index (χ4v) is 5.36. The molecule has 1 aliphatic heterocycles. The summed E-state index contributed by atoms with van der Waals surface area (Å²) < 4.78 is 42.8. The largest absolute Gasteiger partial charge is 0.418 e. The van der Waals surface area contributed by atoms with Crippen LogP contribution >= 0.6 is 0 Å². The SMILES string of the molecule is CCc1nc(C(N)=O)c(Nc2ccc(N3C[C@@H](C)N(C)[C@@H](C)C3)c(C(F)(F)F)c2)nc1N[C@H]1CC[C@H](O)CC1. The van der Waals surface area contributed by atoms with E-state index in [4.69, 9.17) is 5.73 Å². The van der Waals surface area contributed by atoms with E-state index >= 15 is 0 Å². The molecule has 214 valence electrons. The second-order valence-corrected chi connectivity index (χ2v) is 10.7. The number of aryl methyl sites for hydroxylation is 1. The lowest BCUT2D eigenvalue weighted by atomic mass is 9.93. The number of aliphatic hydroxyl groups excluding tert-OH is 1. The number of primary amides is 1. The third-order valence-electron chi connectivity index (χ3n) is 7.84. The van der Waals surface area contributed by atoms with Crippen molar-refractivity contribution in [3.05, 3.63) is 35.2 Å². The quantitative estimate of drug-likeness (QED) is 0.407. The van der Waals surface area contributed by atoms with E-state index in [1.54, 1.807) is 11.0 Å². The van der Waals surface area contributed by atoms with Crippen LogP contribution in [0.25, 0.3) is 0 Å². The number of aliphatic hydroxyl groups is 1. The van der Waals surface area contributed by atoms with Crippen molar-refractivity contribution in [2.24, 2.45) is 5.73 Å². The maximum Gasteiger partial charge on any atom is 0.418 e. The summed E-state index contributed by atoms with van der Waals surface area (Å²) in [7, 11) is 1.98. The van der Waals surface area contributed by atoms with Crippen LogP contribution in [-0.4, -0.2) is 70.2 Å². The second-order valence-electron chi connectivity index (χ2n) is 10.7. The van der Waals surface area contributed by atoms with Gasteiger partial charge in [0.1, 0.15) is 5.82 Å². The van der Waals surface area contributed by atoms with Gasteiger partial charge in [0.15, 0.2) is 11.5 Å². The number of likely N-dealkylation sites (N-methyl/N-ethyl adjacent to an activating group) is 1. The highest BCUT2D eigenvalue weighted by Crippen LogP contribution is 2.40. The molecule has 2 fully saturated rings. The minimum atomic E-state index is -4.59. The molecule has 1 aliphatic carbocycles. The first-order valence-electron chi connectivity index (χ1n) is 13.5. The maximum atomic E-state index is 14.3. The van der Waals surface area contributed by atoms with Gasteiger partial charge in [-0.15, -0.1) is 0 Å². The third-order valence-corrected chi connectivity index (χ3v) is 7.84. The van der Waals surface area contributed by atoms with E-state index in [9.17, 15) is 23.1 Å². The number of nitrogens with zero attached hydrogens (tertiary/aromatic N) is 4. The van der Waals surface area contributed by atoms with Crippen LogP contribution in [0.1, 0.15) is 68.2 Å². The standard InChI is InChI=1S/C27H38F3N7O2/c1-5-21-25(32-17-6-9-19(38)10-7-17)35-26(23(34-21)24(31)39)33-18-8-11-22(20(12-18)27(28,29)30)37-13-15(2)36(4)16(3)14-37/h8,11-12,15-17,19,38H,5-7,9-10,13-14H2,1-4H3,(H2,31,39)(H2,32,33,35)/t15-,16+,17-,19-. The van der Waals surface area contributed by atoms with Crippen molar-refractivity contribution in [3.8, 4) is 0 Å². The highest BCUT2D eigenvalue weighted by Gasteiger charge is 2.37. The summed E-state index contributed by atoms with van der Waals surface area (Å²) in [5.41, 5.74) is 5.43. The Morgan fingerprint density at radius 2 is 1.74 bits per heavy atom. The molecular formula is C27H38F3N7O2. The van der Waals surface area contributed by atoms with Crippen molar-refractivity contribution in [2.45, 2.75) is 83.3 Å². The van der Waals surface area contributed by atoms with Crippen LogP contribution < -0.4 is 21.3 Å². The Morgan fingerprint density at radius 3 is 2.31 bits per heavy atom. The van der Waals surface area contributed by atoms with Crippen molar-refractivity contribution in [1.29, 1.82) is 0 Å². The molecule has 2 heterocycles. The first-order valence-corrected chi connectivity index (χ1v) is 13.5. The lowest BCUT2D eigenvalue weighted by Crippen LogP contribution is -2.55. The number of hydrogen-bond donors (Lipinski definition) is 4. The number of alkyl halides is 3. The Balaban J connectivity index is 1.67. The van der Waals surface area contributed by atoms with Gasteiger partial charge in [0.25, 0.3) is 5.91 Å². The molecule has 39 heavy (non-hydrogen) atoms. The van der Waals surface area contributed by atoms with Crippen molar-refractivity contribution in [1.82, 2.24) is 14.9 Å². The molecule has 1 aromatic heterocycles. The number of carbonyl (C=O) groups is 1. The zero-order valence-electron chi connectivity index (χ0n) is 22.8. The Morgan fingerprint density at radius 1 is 1.10 bits per heavy atom. The molecule has 5 N–H and O–H groups in total. The number of benzene rings is 1. The summed E-state index contributed by atoms with van der Waals surface area (Å²) in [5, 5.41) is 16.0. The summed E-state index contributed by atoms with van der Waals surface area (Å²) in [4.78, 5) is 25.1. The highest BCUT2D eigenvalue weighted by molar-refractivity contribution is 5.96. The van der Waals surface area contributed by atoms with Crippen LogP contribution in [0.4, 0.5) is 36.2 Å². The van der Waals surface area contributed by atoms with Crippen molar-refractivity contribution in [3.63, 3.8) is 0 Å². The molecular weight excluding hydrogens is 511 g/mol. The smallest absolute Gasteiger partial charge is 0.393 e. The van der Waals surface area contributed by atoms with Crippen LogP contribution in [0.15, 0.2) is 18.2 Å². The van der Waals surface area contributed by atoms with Crippen LogP contribution in [0, 0.1) is 0 Å². The van der Waals surface area contributed by atoms with Gasteiger partial charge in [-0.2, -0.15) is 13.2 Å². The Kier molecular flexibility index (Phi) is 8.55. The molecule has 9 nitrogen and oxygen atoms in total. The Hall–Kier alpha value is -3.12. The van der Waals surface area contributed by atoms with Gasteiger partial charge in [-0.3, -0.25) is 9.69 Å². The van der Waals surface area contributed by atoms with E-state index < -0.39 is 17.6 Å². The van der Waals surface area contributed by atoms with Crippen molar-refractivity contribution < 1.29 is 23.1 Å². The van der Waals surface area contributed by atoms with E-state index in [1.165, 1.54) is 6.07 Å². The molecule has 1 aromatic carbocycles. The molecule has 1 saturated carbocycles. The van der Waals surface area contributed by atoms with Crippen LogP contribution in [-0.2, 0) is 12.6 Å². The lowest BCUT2D eigenvalue weighted by Gasteiger charge is -2.44. The Labute approximate surface area is 227 Å². The number of rotatable bonds is 7. The van der Waals surface area contributed by atoms with E-state index in [1.807, 2.05) is 27.8 Å². The van der Waals surface area contributed by atoms with Gasteiger partial charge in [0, 0.05) is 42.6 Å². The van der Waals surface area contributed by atoms with E-state index in [0.717, 1.165) is 18.9 Å². The number of anilines is 4. The van der Waals surface area contributed by atoms with E-state index in [2.05, 4.69) is 25.5 Å². The molecule has 0 unspecified atom stereocenters. The van der Waals surface area contributed by atoms with Gasteiger partial charge in [-0.05, 0) is 71.2 Å². The van der Waals surface area contributed by atoms with Crippen LogP contribution in [0.2, 0.25) is 0 Å². The normalized spacial score (nSPS) is 24.5. The molecule has 1 saturated heterocycles. The average molecular weight is 550 g/mol. The number of piperazine rings is 1. The minimum Gasteiger partial charge on any atom is -0.393 e. The predicted molar refractivity (Wildman–Crippen MR) is 145 cm³/mol. The van der Waals surface area contributed by atoms with Crippen LogP contribution in [0.5, 0.6) is 0 Å². The van der Waals surface area contributed by atoms with E-state index in [-0.39, 0.29) is 47.1 Å². The Bertz CT molecular complexity index is 1170. The van der Waals surface area contributed by atoms with Gasteiger partial charge in [0.05, 0.1) is 17.4 Å². The van der Waals surface area contributed by atoms with Gasteiger partial charge in [-0.25, -0.2) is 9.97 Å². The molecule has 4 rings (SSSR count). The number of hydrogen-bond acceptors (Lipinski definition) is 8. The second kappa shape index (κ2) is 11.5. The van der Waals surface area contributed by atoms with E-state index in [0.29, 0.717) is 43.9 Å². The highest BCUT2D eigenvalue weighted by atomic mass is 19.4. The van der Waals surface area contributed by atoms with Gasteiger partial charge in [-0.1, -0.05) is 6.92 Å². The molecule has 1 amide bonds. The van der Waals surface area contributed by atoms with Crippen molar-refractivity contribution in [2.75, 3.05) is 35.7 Å². The number of carbonyl (C=O) groups excluding carboxylic acids is 1. The number of amides is 1. The fraction of sp³-hybridized carbons (Fsp3) is 0.593. The number of nitrogens with one attached hydrogen (secondary N) is 2. The van der Waals surface area contributed by atoms with Gasteiger partial charge >= 0.3 is 6.18 Å². The average Bonchev–Trinajstić information content (AvgIpc) is 2.87. The number of aromatic nitrogens is 2. The van der Waals surface area contributed by atoms with Crippen molar-refractivity contribution >= 4 is 28.9 Å². The zero-order valence-corrected chi connectivity index (χ0v) is 22.8. The van der Waals surface area contributed by atoms with Gasteiger partial charge < -0.3 is 26.4 Å². The van der Waals surface area contributed by atoms with Crippen LogP contribution in [0.3, 0.4) is 0 Å². The summed E-state index contributed by atoms with van der Waals surface area (Å²) in [6.07, 6.45) is -1.63. The topological polar surface area (TPSA) is 120 Å². The molecule has 12 heteroatoms. The summed E-state index contributed by atoms with van der Waals surface area (Å²) in [6, 6.07) is 4.30. The van der Waals surface area contributed by atoms with Gasteiger partial charge in [0.2, 0.25) is 0 Å².